The Balaban J connectivity index is 1.75. The molecule has 1 saturated heterocycles. The second-order valence-corrected chi connectivity index (χ2v) is 9.50. The predicted octanol–water partition coefficient (Wildman–Crippen LogP) is 3.91. The third-order valence-electron chi connectivity index (χ3n) is 4.98. The van der Waals surface area contributed by atoms with Gasteiger partial charge in [0.2, 0.25) is 10.0 Å². The van der Waals surface area contributed by atoms with Crippen LogP contribution in [-0.4, -0.2) is 31.7 Å². The van der Waals surface area contributed by atoms with E-state index in [2.05, 4.69) is 19.2 Å². The Morgan fingerprint density at radius 1 is 1.00 bits per heavy atom. The minimum absolute atomic E-state index is 0.206. The minimum atomic E-state index is -3.51. The second kappa shape index (κ2) is 7.82. The van der Waals surface area contributed by atoms with Gasteiger partial charge in [-0.2, -0.15) is 4.31 Å². The Labute approximate surface area is 161 Å². The van der Waals surface area contributed by atoms with E-state index in [0.717, 1.165) is 12.0 Å². The Morgan fingerprint density at radius 2 is 1.59 bits per heavy atom. The van der Waals surface area contributed by atoms with Gasteiger partial charge in [-0.15, -0.1) is 0 Å². The van der Waals surface area contributed by atoms with Gasteiger partial charge in [-0.25, -0.2) is 8.42 Å². The van der Waals surface area contributed by atoms with Crippen molar-refractivity contribution >= 4 is 21.6 Å². The summed E-state index contributed by atoms with van der Waals surface area (Å²) in [5.41, 5.74) is 2.07. The Morgan fingerprint density at radius 3 is 2.19 bits per heavy atom. The van der Waals surface area contributed by atoms with Gasteiger partial charge >= 0.3 is 0 Å². The maximum absolute atomic E-state index is 12.9. The fourth-order valence-corrected chi connectivity index (χ4v) is 5.37. The highest BCUT2D eigenvalue weighted by Crippen LogP contribution is 2.27. The molecule has 2 atom stereocenters. The maximum atomic E-state index is 12.9. The topological polar surface area (TPSA) is 66.5 Å². The first-order valence-corrected chi connectivity index (χ1v) is 10.7. The van der Waals surface area contributed by atoms with E-state index in [1.54, 1.807) is 34.6 Å². The standard InChI is InChI=1S/C21H26N2O3S/c1-15-12-16(2)14-23(13-15)27(25,26)19-10-8-18(9-11-19)22-21(24)20-7-5-4-6-17(20)3/h4-11,15-16H,12-14H2,1-3H3,(H,22,24). The van der Waals surface area contributed by atoms with Gasteiger partial charge in [0.15, 0.2) is 0 Å². The van der Waals surface area contributed by atoms with Crippen LogP contribution in [0.3, 0.4) is 0 Å². The molecule has 0 bridgehead atoms. The van der Waals surface area contributed by atoms with Gasteiger partial charge in [0, 0.05) is 24.3 Å². The average Bonchev–Trinajstić information content (AvgIpc) is 2.61. The zero-order valence-electron chi connectivity index (χ0n) is 16.0. The first-order chi connectivity index (χ1) is 12.8. The fraction of sp³-hybridized carbons (Fsp3) is 0.381. The average molecular weight is 387 g/mol. The lowest BCUT2D eigenvalue weighted by molar-refractivity contribution is 0.102. The van der Waals surface area contributed by atoms with Crippen molar-refractivity contribution in [2.24, 2.45) is 11.8 Å². The molecule has 0 saturated carbocycles. The summed E-state index contributed by atoms with van der Waals surface area (Å²) in [5.74, 6) is 0.509. The van der Waals surface area contributed by atoms with E-state index in [9.17, 15) is 13.2 Å². The molecular formula is C21H26N2O3S. The number of hydrogen-bond acceptors (Lipinski definition) is 3. The highest BCUT2D eigenvalue weighted by atomic mass is 32.2. The van der Waals surface area contributed by atoms with Crippen LogP contribution >= 0.6 is 0 Å². The molecule has 2 unspecified atom stereocenters. The molecule has 5 nitrogen and oxygen atoms in total. The molecule has 1 fully saturated rings. The minimum Gasteiger partial charge on any atom is -0.322 e. The molecule has 1 N–H and O–H groups in total. The van der Waals surface area contributed by atoms with Crippen LogP contribution in [0.5, 0.6) is 0 Å². The highest BCUT2D eigenvalue weighted by Gasteiger charge is 2.31. The molecule has 144 valence electrons. The monoisotopic (exact) mass is 386 g/mol. The fourth-order valence-electron chi connectivity index (χ4n) is 3.69. The quantitative estimate of drug-likeness (QED) is 0.866. The lowest BCUT2D eigenvalue weighted by Gasteiger charge is -2.34. The molecule has 0 aliphatic carbocycles. The lowest BCUT2D eigenvalue weighted by Crippen LogP contribution is -2.42. The van der Waals surface area contributed by atoms with Crippen LogP contribution in [0.1, 0.15) is 36.2 Å². The highest BCUT2D eigenvalue weighted by molar-refractivity contribution is 7.89. The molecule has 1 aliphatic rings. The number of amides is 1. The molecule has 0 spiro atoms. The summed E-state index contributed by atoms with van der Waals surface area (Å²) in [5, 5.41) is 2.82. The summed E-state index contributed by atoms with van der Waals surface area (Å²) in [4.78, 5) is 12.7. The molecule has 0 radical (unpaired) electrons. The van der Waals surface area contributed by atoms with Crippen molar-refractivity contribution in [2.45, 2.75) is 32.1 Å². The van der Waals surface area contributed by atoms with E-state index in [1.807, 2.05) is 25.1 Å². The van der Waals surface area contributed by atoms with Gasteiger partial charge in [0.1, 0.15) is 0 Å². The molecular weight excluding hydrogens is 360 g/mol. The lowest BCUT2D eigenvalue weighted by atomic mass is 9.94. The van der Waals surface area contributed by atoms with E-state index in [1.165, 1.54) is 0 Å². The third-order valence-corrected chi connectivity index (χ3v) is 6.82. The summed E-state index contributed by atoms with van der Waals surface area (Å²) in [6, 6.07) is 13.7. The van der Waals surface area contributed by atoms with E-state index >= 15 is 0 Å². The van der Waals surface area contributed by atoms with Gasteiger partial charge in [-0.05, 0) is 61.1 Å². The van der Waals surface area contributed by atoms with E-state index in [4.69, 9.17) is 0 Å². The van der Waals surface area contributed by atoms with Crippen LogP contribution in [0.4, 0.5) is 5.69 Å². The SMILES string of the molecule is Cc1ccccc1C(=O)Nc1ccc(S(=O)(=O)N2CC(C)CC(C)C2)cc1. The number of anilines is 1. The zero-order chi connectivity index (χ0) is 19.6. The van der Waals surface area contributed by atoms with Gasteiger partial charge in [-0.1, -0.05) is 32.0 Å². The largest absolute Gasteiger partial charge is 0.322 e. The zero-order valence-corrected chi connectivity index (χ0v) is 16.8. The number of carbonyl (C=O) groups excluding carboxylic acids is 1. The van der Waals surface area contributed by atoms with E-state index < -0.39 is 10.0 Å². The normalized spacial score (nSPS) is 21.0. The van der Waals surface area contributed by atoms with Crippen molar-refractivity contribution in [3.05, 3.63) is 59.7 Å². The molecule has 0 aromatic heterocycles. The Kier molecular flexibility index (Phi) is 5.67. The summed E-state index contributed by atoms with van der Waals surface area (Å²) in [6.07, 6.45) is 1.05. The molecule has 1 heterocycles. The van der Waals surface area contributed by atoms with Crippen molar-refractivity contribution in [1.82, 2.24) is 4.31 Å². The van der Waals surface area contributed by atoms with Crippen molar-refractivity contribution in [1.29, 1.82) is 0 Å². The van der Waals surface area contributed by atoms with Crippen LogP contribution in [0.2, 0.25) is 0 Å². The number of benzene rings is 2. The molecule has 3 rings (SSSR count). The van der Waals surface area contributed by atoms with Crippen LogP contribution in [0.25, 0.3) is 0 Å². The van der Waals surface area contributed by atoms with Gasteiger partial charge < -0.3 is 5.32 Å². The number of nitrogens with zero attached hydrogens (tertiary/aromatic N) is 1. The molecule has 1 amide bonds. The van der Waals surface area contributed by atoms with Gasteiger partial charge in [0.25, 0.3) is 5.91 Å². The number of aryl methyl sites for hydroxylation is 1. The predicted molar refractivity (Wildman–Crippen MR) is 107 cm³/mol. The summed E-state index contributed by atoms with van der Waals surface area (Å²) >= 11 is 0. The van der Waals surface area contributed by atoms with Crippen molar-refractivity contribution in [3.63, 3.8) is 0 Å². The molecule has 2 aromatic carbocycles. The van der Waals surface area contributed by atoms with Crippen LogP contribution in [-0.2, 0) is 10.0 Å². The Bertz CT molecular complexity index is 913. The number of sulfonamides is 1. The number of carbonyl (C=O) groups is 1. The number of rotatable bonds is 4. The van der Waals surface area contributed by atoms with Crippen molar-refractivity contribution < 1.29 is 13.2 Å². The molecule has 1 aliphatic heterocycles. The van der Waals surface area contributed by atoms with Crippen molar-refractivity contribution in [2.75, 3.05) is 18.4 Å². The first-order valence-electron chi connectivity index (χ1n) is 9.24. The van der Waals surface area contributed by atoms with E-state index in [-0.39, 0.29) is 10.8 Å². The summed E-state index contributed by atoms with van der Waals surface area (Å²) in [6.45, 7) is 7.16. The summed E-state index contributed by atoms with van der Waals surface area (Å²) < 4.78 is 27.4. The number of hydrogen-bond donors (Lipinski definition) is 1. The van der Waals surface area contributed by atoms with Crippen LogP contribution in [0, 0.1) is 18.8 Å². The second-order valence-electron chi connectivity index (χ2n) is 7.56. The Hall–Kier alpha value is -2.18. The maximum Gasteiger partial charge on any atom is 0.255 e. The smallest absolute Gasteiger partial charge is 0.255 e. The molecule has 6 heteroatoms. The summed E-state index contributed by atoms with van der Waals surface area (Å²) in [7, 11) is -3.51. The first kappa shape index (κ1) is 19.6. The van der Waals surface area contributed by atoms with Crippen LogP contribution < -0.4 is 5.32 Å². The molecule has 2 aromatic rings. The third kappa shape index (κ3) is 4.39. The number of nitrogens with one attached hydrogen (secondary N) is 1. The van der Waals surface area contributed by atoms with Gasteiger partial charge in [0.05, 0.1) is 4.90 Å². The molecule has 27 heavy (non-hydrogen) atoms. The van der Waals surface area contributed by atoms with Crippen LogP contribution in [0.15, 0.2) is 53.4 Å². The number of piperidine rings is 1. The van der Waals surface area contributed by atoms with Gasteiger partial charge in [-0.3, -0.25) is 4.79 Å². The van der Waals surface area contributed by atoms with Crippen molar-refractivity contribution in [3.8, 4) is 0 Å². The van der Waals surface area contributed by atoms with E-state index in [0.29, 0.717) is 36.2 Å².